The van der Waals surface area contributed by atoms with Crippen molar-refractivity contribution >= 4 is 10.8 Å². The van der Waals surface area contributed by atoms with Crippen molar-refractivity contribution < 1.29 is 4.74 Å². The number of rotatable bonds is 5. The molecule has 21 heavy (non-hydrogen) atoms. The van der Waals surface area contributed by atoms with Gasteiger partial charge in [-0.25, -0.2) is 0 Å². The zero-order valence-corrected chi connectivity index (χ0v) is 13.7. The molecule has 2 rings (SSSR count). The predicted octanol–water partition coefficient (Wildman–Crippen LogP) is 3.95. The number of aromatic nitrogens is 1. The molecule has 2 unspecified atom stereocenters. The van der Waals surface area contributed by atoms with Crippen molar-refractivity contribution in [2.75, 3.05) is 13.7 Å². The molecule has 114 valence electrons. The molecule has 0 aliphatic heterocycles. The van der Waals surface area contributed by atoms with Gasteiger partial charge < -0.3 is 10.1 Å². The van der Waals surface area contributed by atoms with Crippen molar-refractivity contribution in [3.63, 3.8) is 0 Å². The summed E-state index contributed by atoms with van der Waals surface area (Å²) in [5, 5.41) is 5.86. The van der Waals surface area contributed by atoms with Crippen molar-refractivity contribution in [3.8, 4) is 0 Å². The number of nitrogens with one attached hydrogen (secondary N) is 1. The van der Waals surface area contributed by atoms with Gasteiger partial charge >= 0.3 is 0 Å². The Balaban J connectivity index is 2.52. The van der Waals surface area contributed by atoms with Crippen LogP contribution in [0.5, 0.6) is 0 Å². The third-order valence-corrected chi connectivity index (χ3v) is 3.86. The van der Waals surface area contributed by atoms with Gasteiger partial charge in [-0.2, -0.15) is 0 Å². The fraction of sp³-hybridized carbons (Fsp3) is 0.500. The van der Waals surface area contributed by atoms with Gasteiger partial charge in [0.1, 0.15) is 0 Å². The van der Waals surface area contributed by atoms with Crippen LogP contribution < -0.4 is 5.32 Å². The Kier molecular flexibility index (Phi) is 4.96. The topological polar surface area (TPSA) is 34.1 Å². The lowest BCUT2D eigenvalue weighted by Crippen LogP contribution is -2.41. The van der Waals surface area contributed by atoms with E-state index in [9.17, 15) is 0 Å². The number of likely N-dealkylation sites (N-methyl/N-ethyl adjacent to an activating group) is 1. The zero-order valence-electron chi connectivity index (χ0n) is 13.7. The van der Waals surface area contributed by atoms with Crippen LogP contribution in [0.3, 0.4) is 0 Å². The summed E-state index contributed by atoms with van der Waals surface area (Å²) >= 11 is 0. The molecule has 0 fully saturated rings. The van der Waals surface area contributed by atoms with Crippen molar-refractivity contribution in [2.45, 2.75) is 39.8 Å². The summed E-state index contributed by atoms with van der Waals surface area (Å²) in [6, 6.07) is 8.61. The lowest BCUT2D eigenvalue weighted by Gasteiger charge is -2.37. The first-order chi connectivity index (χ1) is 9.99. The Morgan fingerprint density at radius 2 is 2.00 bits per heavy atom. The standard InChI is InChI=1S/C18H26N2O/c1-6-21-17(18(2,3)4)16(19-5)15-9-7-8-13-12-20-11-10-14(13)15/h7-12,16-17,19H,6H2,1-5H3. The molecule has 1 aromatic carbocycles. The Labute approximate surface area is 127 Å². The molecule has 0 bridgehead atoms. The summed E-state index contributed by atoms with van der Waals surface area (Å²) in [7, 11) is 2.00. The largest absolute Gasteiger partial charge is 0.376 e. The van der Waals surface area contributed by atoms with Crippen LogP contribution in [-0.4, -0.2) is 24.7 Å². The molecule has 0 amide bonds. The molecule has 1 aromatic heterocycles. The molecular weight excluding hydrogens is 260 g/mol. The average Bonchev–Trinajstić information content (AvgIpc) is 2.46. The van der Waals surface area contributed by atoms with Crippen LogP contribution in [0.4, 0.5) is 0 Å². The highest BCUT2D eigenvalue weighted by molar-refractivity contribution is 5.85. The molecule has 1 N–H and O–H groups in total. The summed E-state index contributed by atoms with van der Waals surface area (Å²) in [5.74, 6) is 0. The number of pyridine rings is 1. The maximum Gasteiger partial charge on any atom is 0.0817 e. The lowest BCUT2D eigenvalue weighted by molar-refractivity contribution is -0.0347. The number of benzene rings is 1. The van der Waals surface area contributed by atoms with Gasteiger partial charge in [-0.3, -0.25) is 4.98 Å². The van der Waals surface area contributed by atoms with Crippen LogP contribution >= 0.6 is 0 Å². The van der Waals surface area contributed by atoms with Crippen molar-refractivity contribution in [2.24, 2.45) is 5.41 Å². The van der Waals surface area contributed by atoms with Gasteiger partial charge in [0.05, 0.1) is 12.1 Å². The highest BCUT2D eigenvalue weighted by Crippen LogP contribution is 2.35. The van der Waals surface area contributed by atoms with Crippen LogP contribution in [0.25, 0.3) is 10.8 Å². The van der Waals surface area contributed by atoms with Crippen LogP contribution in [0.1, 0.15) is 39.3 Å². The molecule has 3 nitrogen and oxygen atoms in total. The van der Waals surface area contributed by atoms with E-state index in [4.69, 9.17) is 4.74 Å². The quantitative estimate of drug-likeness (QED) is 0.903. The Morgan fingerprint density at radius 1 is 1.24 bits per heavy atom. The Bertz CT molecular complexity index is 584. The van der Waals surface area contributed by atoms with E-state index in [1.165, 1.54) is 16.3 Å². The summed E-state index contributed by atoms with van der Waals surface area (Å²) in [4.78, 5) is 4.22. The van der Waals surface area contributed by atoms with E-state index < -0.39 is 0 Å². The third-order valence-electron chi connectivity index (χ3n) is 3.86. The highest BCUT2D eigenvalue weighted by Gasteiger charge is 2.33. The first-order valence-corrected chi connectivity index (χ1v) is 7.60. The van der Waals surface area contributed by atoms with Crippen LogP contribution in [-0.2, 0) is 4.74 Å². The maximum absolute atomic E-state index is 6.08. The number of nitrogens with zero attached hydrogens (tertiary/aromatic N) is 1. The lowest BCUT2D eigenvalue weighted by atomic mass is 9.81. The zero-order chi connectivity index (χ0) is 15.5. The fourth-order valence-electron chi connectivity index (χ4n) is 2.91. The number of hydrogen-bond acceptors (Lipinski definition) is 3. The summed E-state index contributed by atoms with van der Waals surface area (Å²) in [5.41, 5.74) is 1.32. The predicted molar refractivity (Wildman–Crippen MR) is 88.4 cm³/mol. The molecule has 0 saturated carbocycles. The second-order valence-electron chi connectivity index (χ2n) is 6.45. The van der Waals surface area contributed by atoms with Gasteiger partial charge in [-0.15, -0.1) is 0 Å². The summed E-state index contributed by atoms with van der Waals surface area (Å²) in [6.07, 6.45) is 3.87. The molecule has 0 aliphatic carbocycles. The Morgan fingerprint density at radius 3 is 2.62 bits per heavy atom. The van der Waals surface area contributed by atoms with Gasteiger partial charge in [0.15, 0.2) is 0 Å². The normalized spacial score (nSPS) is 15.1. The van der Waals surface area contributed by atoms with Crippen LogP contribution in [0.15, 0.2) is 36.7 Å². The molecule has 2 atom stereocenters. The van der Waals surface area contributed by atoms with Crippen LogP contribution in [0.2, 0.25) is 0 Å². The minimum absolute atomic E-state index is 0.0544. The molecular formula is C18H26N2O. The molecule has 0 aliphatic rings. The molecule has 1 heterocycles. The van der Waals surface area contributed by atoms with E-state index in [0.29, 0.717) is 6.61 Å². The van der Waals surface area contributed by atoms with Crippen LogP contribution in [0, 0.1) is 5.41 Å². The first kappa shape index (κ1) is 15.9. The Hall–Kier alpha value is -1.45. The van der Waals surface area contributed by atoms with Crippen molar-refractivity contribution in [3.05, 3.63) is 42.2 Å². The van der Waals surface area contributed by atoms with Gasteiger partial charge in [0.25, 0.3) is 0 Å². The second-order valence-corrected chi connectivity index (χ2v) is 6.45. The van der Waals surface area contributed by atoms with Gasteiger partial charge in [0.2, 0.25) is 0 Å². The third kappa shape index (κ3) is 3.42. The van der Waals surface area contributed by atoms with E-state index in [1.807, 2.05) is 19.4 Å². The molecule has 3 heteroatoms. The maximum atomic E-state index is 6.08. The van der Waals surface area contributed by atoms with Gasteiger partial charge in [0, 0.05) is 24.4 Å². The molecule has 0 spiro atoms. The average molecular weight is 286 g/mol. The monoisotopic (exact) mass is 286 g/mol. The molecule has 0 radical (unpaired) electrons. The molecule has 0 saturated heterocycles. The van der Waals surface area contributed by atoms with Gasteiger partial charge in [-0.1, -0.05) is 39.0 Å². The minimum atomic E-state index is 0.0544. The second kappa shape index (κ2) is 6.54. The van der Waals surface area contributed by atoms with Gasteiger partial charge in [-0.05, 0) is 36.4 Å². The van der Waals surface area contributed by atoms with E-state index >= 15 is 0 Å². The van der Waals surface area contributed by atoms with E-state index in [1.54, 1.807) is 0 Å². The SMILES string of the molecule is CCOC(C(NC)c1cccc2cnccc12)C(C)(C)C. The number of hydrogen-bond donors (Lipinski definition) is 1. The summed E-state index contributed by atoms with van der Waals surface area (Å²) < 4.78 is 6.08. The number of ether oxygens (including phenoxy) is 1. The van der Waals surface area contributed by atoms with E-state index in [2.05, 4.69) is 62.3 Å². The minimum Gasteiger partial charge on any atom is -0.376 e. The van der Waals surface area contributed by atoms with E-state index in [0.717, 1.165) is 0 Å². The van der Waals surface area contributed by atoms with E-state index in [-0.39, 0.29) is 17.6 Å². The van der Waals surface area contributed by atoms with Crippen molar-refractivity contribution in [1.29, 1.82) is 0 Å². The first-order valence-electron chi connectivity index (χ1n) is 7.60. The highest BCUT2D eigenvalue weighted by atomic mass is 16.5. The summed E-state index contributed by atoms with van der Waals surface area (Å²) in [6.45, 7) is 9.45. The van der Waals surface area contributed by atoms with Crippen molar-refractivity contribution in [1.82, 2.24) is 10.3 Å². The smallest absolute Gasteiger partial charge is 0.0817 e. The fourth-order valence-corrected chi connectivity index (χ4v) is 2.91. The molecule has 2 aromatic rings. The number of fused-ring (bicyclic) bond motifs is 1.